The monoisotopic (exact) mass is 440 g/mol. The molecule has 0 aliphatic heterocycles. The molecule has 0 saturated carbocycles. The lowest BCUT2D eigenvalue weighted by Crippen LogP contribution is -2.28. The average Bonchev–Trinajstić information content (AvgIpc) is 2.78. The molecule has 0 unspecified atom stereocenters. The van der Waals surface area contributed by atoms with Crippen LogP contribution in [0.4, 0.5) is 5.69 Å². The molecule has 0 spiro atoms. The second-order valence-electron chi connectivity index (χ2n) is 6.73. The van der Waals surface area contributed by atoms with E-state index in [9.17, 15) is 13.2 Å². The zero-order valence-corrected chi connectivity index (χ0v) is 18.1. The molecule has 0 heterocycles. The van der Waals surface area contributed by atoms with Crippen LogP contribution in [0.3, 0.4) is 0 Å². The van der Waals surface area contributed by atoms with Crippen molar-refractivity contribution in [3.05, 3.63) is 83.9 Å². The smallest absolute Gasteiger partial charge is 0.261 e. The maximum absolute atomic E-state index is 12.6. The van der Waals surface area contributed by atoms with Gasteiger partial charge in [-0.15, -0.1) is 0 Å². The van der Waals surface area contributed by atoms with Crippen molar-refractivity contribution in [1.29, 1.82) is 0 Å². The Balaban J connectivity index is 1.54. The van der Waals surface area contributed by atoms with Gasteiger partial charge in [0.1, 0.15) is 18.1 Å². The topological polar surface area (TPSA) is 93.7 Å². The summed E-state index contributed by atoms with van der Waals surface area (Å²) in [6.07, 6.45) is 0. The van der Waals surface area contributed by atoms with Gasteiger partial charge < -0.3 is 14.8 Å². The Morgan fingerprint density at radius 2 is 1.65 bits per heavy atom. The van der Waals surface area contributed by atoms with Crippen molar-refractivity contribution in [2.24, 2.45) is 0 Å². The highest BCUT2D eigenvalue weighted by molar-refractivity contribution is 7.92. The van der Waals surface area contributed by atoms with Crippen molar-refractivity contribution in [1.82, 2.24) is 5.32 Å². The molecule has 31 heavy (non-hydrogen) atoms. The molecule has 7 nitrogen and oxygen atoms in total. The molecule has 2 N–H and O–H groups in total. The number of anilines is 1. The fourth-order valence-electron chi connectivity index (χ4n) is 2.80. The molecule has 8 heteroatoms. The molecule has 3 aromatic carbocycles. The minimum atomic E-state index is -3.75. The summed E-state index contributed by atoms with van der Waals surface area (Å²) >= 11 is 0. The van der Waals surface area contributed by atoms with Crippen molar-refractivity contribution in [2.45, 2.75) is 11.8 Å². The van der Waals surface area contributed by atoms with Gasteiger partial charge in [0.15, 0.2) is 0 Å². The summed E-state index contributed by atoms with van der Waals surface area (Å²) in [4.78, 5) is 12.4. The maximum Gasteiger partial charge on any atom is 0.261 e. The number of rotatable bonds is 9. The lowest BCUT2D eigenvalue weighted by molar-refractivity contribution is 0.0947. The fourth-order valence-corrected chi connectivity index (χ4v) is 3.93. The normalized spacial score (nSPS) is 10.9. The molecule has 0 aliphatic carbocycles. The molecule has 0 aliphatic rings. The first-order valence-electron chi connectivity index (χ1n) is 9.62. The van der Waals surface area contributed by atoms with Crippen molar-refractivity contribution >= 4 is 21.6 Å². The van der Waals surface area contributed by atoms with Crippen LogP contribution in [-0.2, 0) is 10.0 Å². The molecule has 162 valence electrons. The van der Waals surface area contributed by atoms with E-state index >= 15 is 0 Å². The Morgan fingerprint density at radius 1 is 0.935 bits per heavy atom. The average molecular weight is 441 g/mol. The van der Waals surface area contributed by atoms with Gasteiger partial charge in [0.25, 0.3) is 15.9 Å². The SMILES string of the molecule is COc1cccc(OCCNC(=O)c2ccc(S(=O)(=O)Nc3ccccc3C)cc2)c1. The molecule has 3 rings (SSSR count). The van der Waals surface area contributed by atoms with Gasteiger partial charge in [0.05, 0.1) is 24.2 Å². The van der Waals surface area contributed by atoms with Crippen LogP contribution < -0.4 is 19.5 Å². The Bertz CT molecular complexity index is 1140. The third-order valence-corrected chi connectivity index (χ3v) is 5.90. The van der Waals surface area contributed by atoms with Crippen LogP contribution in [0, 0.1) is 6.92 Å². The number of ether oxygens (including phenoxy) is 2. The van der Waals surface area contributed by atoms with E-state index in [2.05, 4.69) is 10.0 Å². The Morgan fingerprint density at radius 3 is 2.35 bits per heavy atom. The first kappa shape index (κ1) is 22.2. The summed E-state index contributed by atoms with van der Waals surface area (Å²) in [5, 5.41) is 2.74. The predicted molar refractivity (Wildman–Crippen MR) is 119 cm³/mol. The minimum absolute atomic E-state index is 0.0775. The zero-order chi connectivity index (χ0) is 22.3. The number of nitrogens with one attached hydrogen (secondary N) is 2. The van der Waals surface area contributed by atoms with E-state index in [4.69, 9.17) is 9.47 Å². The number of benzene rings is 3. The van der Waals surface area contributed by atoms with Crippen molar-refractivity contribution in [2.75, 3.05) is 25.0 Å². The van der Waals surface area contributed by atoms with Crippen molar-refractivity contribution < 1.29 is 22.7 Å². The summed E-state index contributed by atoms with van der Waals surface area (Å²) in [5.41, 5.74) is 1.69. The molecule has 0 radical (unpaired) electrons. The van der Waals surface area contributed by atoms with E-state index in [0.717, 1.165) is 5.56 Å². The highest BCUT2D eigenvalue weighted by Crippen LogP contribution is 2.20. The molecule has 1 amide bonds. The summed E-state index contributed by atoms with van der Waals surface area (Å²) in [5.74, 6) is 1.02. The van der Waals surface area contributed by atoms with E-state index < -0.39 is 10.0 Å². The van der Waals surface area contributed by atoms with Crippen LogP contribution in [0.5, 0.6) is 11.5 Å². The van der Waals surface area contributed by atoms with Gasteiger partial charge in [-0.05, 0) is 55.0 Å². The van der Waals surface area contributed by atoms with E-state index in [1.165, 1.54) is 24.3 Å². The fraction of sp³-hybridized carbons (Fsp3) is 0.174. The second kappa shape index (κ2) is 9.99. The number of amides is 1. The van der Waals surface area contributed by atoms with Gasteiger partial charge in [-0.1, -0.05) is 24.3 Å². The number of hydrogen-bond acceptors (Lipinski definition) is 5. The number of para-hydroxylation sites is 1. The quantitative estimate of drug-likeness (QED) is 0.496. The van der Waals surface area contributed by atoms with Gasteiger partial charge in [-0.25, -0.2) is 8.42 Å². The standard InChI is InChI=1S/C23H24N2O5S/c1-17-6-3-4-9-22(17)25-31(27,28)21-12-10-18(11-13-21)23(26)24-14-15-30-20-8-5-7-19(16-20)29-2/h3-13,16,25H,14-15H2,1-2H3,(H,24,26). The highest BCUT2D eigenvalue weighted by Gasteiger charge is 2.16. The lowest BCUT2D eigenvalue weighted by Gasteiger charge is -2.11. The van der Waals surface area contributed by atoms with Gasteiger partial charge in [-0.3, -0.25) is 9.52 Å². The second-order valence-corrected chi connectivity index (χ2v) is 8.41. The van der Waals surface area contributed by atoms with Gasteiger partial charge in [-0.2, -0.15) is 0 Å². The number of carbonyl (C=O) groups excluding carboxylic acids is 1. The Hall–Kier alpha value is -3.52. The lowest BCUT2D eigenvalue weighted by atomic mass is 10.2. The number of methoxy groups -OCH3 is 1. The third-order valence-electron chi connectivity index (χ3n) is 4.51. The molecule has 0 atom stereocenters. The molecule has 0 fully saturated rings. The number of aryl methyl sites for hydroxylation is 1. The van der Waals surface area contributed by atoms with E-state index in [1.807, 2.05) is 31.2 Å². The van der Waals surface area contributed by atoms with Gasteiger partial charge >= 0.3 is 0 Å². The summed E-state index contributed by atoms with van der Waals surface area (Å²) in [6, 6.07) is 20.1. The molecule has 0 bridgehead atoms. The number of sulfonamides is 1. The third kappa shape index (κ3) is 5.99. The summed E-state index contributed by atoms with van der Waals surface area (Å²) in [7, 11) is -2.17. The molecule has 0 aromatic heterocycles. The largest absolute Gasteiger partial charge is 0.497 e. The number of hydrogen-bond donors (Lipinski definition) is 2. The van der Waals surface area contributed by atoms with E-state index in [0.29, 0.717) is 29.3 Å². The molecular formula is C23H24N2O5S. The first-order chi connectivity index (χ1) is 14.9. The minimum Gasteiger partial charge on any atom is -0.497 e. The predicted octanol–water partition coefficient (Wildman–Crippen LogP) is 3.61. The van der Waals surface area contributed by atoms with Crippen LogP contribution in [-0.4, -0.2) is 34.6 Å². The summed E-state index contributed by atoms with van der Waals surface area (Å²) in [6.45, 7) is 2.40. The molecular weight excluding hydrogens is 416 g/mol. The number of carbonyl (C=O) groups is 1. The van der Waals surface area contributed by atoms with Gasteiger partial charge in [0.2, 0.25) is 0 Å². The van der Waals surface area contributed by atoms with Crippen molar-refractivity contribution in [3.8, 4) is 11.5 Å². The first-order valence-corrected chi connectivity index (χ1v) is 11.1. The maximum atomic E-state index is 12.6. The van der Waals surface area contributed by atoms with Gasteiger partial charge in [0, 0.05) is 11.6 Å². The highest BCUT2D eigenvalue weighted by atomic mass is 32.2. The van der Waals surface area contributed by atoms with Crippen LogP contribution >= 0.6 is 0 Å². The van der Waals surface area contributed by atoms with Crippen molar-refractivity contribution in [3.63, 3.8) is 0 Å². The van der Waals surface area contributed by atoms with Crippen LogP contribution in [0.2, 0.25) is 0 Å². The Labute approximate surface area is 182 Å². The van der Waals surface area contributed by atoms with E-state index in [1.54, 1.807) is 31.4 Å². The molecule has 3 aromatic rings. The molecule has 0 saturated heterocycles. The Kier molecular flexibility index (Phi) is 7.15. The van der Waals surface area contributed by atoms with Crippen LogP contribution in [0.1, 0.15) is 15.9 Å². The van der Waals surface area contributed by atoms with E-state index in [-0.39, 0.29) is 17.4 Å². The summed E-state index contributed by atoms with van der Waals surface area (Å²) < 4.78 is 38.5. The zero-order valence-electron chi connectivity index (χ0n) is 17.3. The van der Waals surface area contributed by atoms with Crippen LogP contribution in [0.15, 0.2) is 77.7 Å². The van der Waals surface area contributed by atoms with Crippen LogP contribution in [0.25, 0.3) is 0 Å².